The number of piperidine rings is 1. The topological polar surface area (TPSA) is 84.6 Å². The van der Waals surface area contributed by atoms with Crippen molar-refractivity contribution in [1.29, 1.82) is 0 Å². The molecule has 1 saturated heterocycles. The molecule has 1 fully saturated rings. The third kappa shape index (κ3) is 3.30. The summed E-state index contributed by atoms with van der Waals surface area (Å²) in [7, 11) is 2.01. The standard InChI is InChI=1S/C21H23N7O/c1-26-19(14-28-10-4-9-22-28)24-25-20(26)15-7-11-27(12-8-15)21(29)18-13-16-5-2-3-6-17(16)23-18/h2-6,9-10,13,15,23H,7-8,11-12,14H2,1H3. The Morgan fingerprint density at radius 1 is 1.17 bits per heavy atom. The molecule has 1 amide bonds. The van der Waals surface area contributed by atoms with Crippen molar-refractivity contribution < 1.29 is 4.79 Å². The summed E-state index contributed by atoms with van der Waals surface area (Å²) < 4.78 is 3.91. The van der Waals surface area contributed by atoms with Crippen molar-refractivity contribution >= 4 is 16.8 Å². The van der Waals surface area contributed by atoms with Crippen LogP contribution in [0.2, 0.25) is 0 Å². The molecule has 0 saturated carbocycles. The number of aromatic amines is 1. The average Bonchev–Trinajstić information content (AvgIpc) is 3.49. The number of carbonyl (C=O) groups excluding carboxylic acids is 1. The van der Waals surface area contributed by atoms with Crippen LogP contribution < -0.4 is 0 Å². The van der Waals surface area contributed by atoms with Crippen LogP contribution in [-0.2, 0) is 13.6 Å². The molecule has 4 heterocycles. The number of H-pyrrole nitrogens is 1. The second kappa shape index (κ2) is 7.20. The highest BCUT2D eigenvalue weighted by atomic mass is 16.2. The molecular weight excluding hydrogens is 366 g/mol. The van der Waals surface area contributed by atoms with Crippen LogP contribution >= 0.6 is 0 Å². The maximum atomic E-state index is 12.9. The Morgan fingerprint density at radius 3 is 2.76 bits per heavy atom. The van der Waals surface area contributed by atoms with E-state index < -0.39 is 0 Å². The fourth-order valence-corrected chi connectivity index (χ4v) is 4.11. The van der Waals surface area contributed by atoms with Gasteiger partial charge in [-0.1, -0.05) is 18.2 Å². The Morgan fingerprint density at radius 2 is 2.00 bits per heavy atom. The number of carbonyl (C=O) groups is 1. The molecule has 1 aromatic carbocycles. The van der Waals surface area contributed by atoms with E-state index in [4.69, 9.17) is 0 Å². The van der Waals surface area contributed by atoms with Gasteiger partial charge in [-0.3, -0.25) is 9.48 Å². The molecule has 148 valence electrons. The second-order valence-corrected chi connectivity index (χ2v) is 7.57. The van der Waals surface area contributed by atoms with Crippen LogP contribution in [0.25, 0.3) is 10.9 Å². The van der Waals surface area contributed by atoms with Crippen molar-refractivity contribution in [1.82, 2.24) is 34.4 Å². The summed E-state index contributed by atoms with van der Waals surface area (Å²) in [6, 6.07) is 11.8. The number of amides is 1. The van der Waals surface area contributed by atoms with Crippen LogP contribution in [0.3, 0.4) is 0 Å². The third-order valence-electron chi connectivity index (χ3n) is 5.77. The third-order valence-corrected chi connectivity index (χ3v) is 5.77. The van der Waals surface area contributed by atoms with Crippen LogP contribution in [0.5, 0.6) is 0 Å². The molecule has 0 aliphatic carbocycles. The van der Waals surface area contributed by atoms with E-state index in [9.17, 15) is 4.79 Å². The lowest BCUT2D eigenvalue weighted by atomic mass is 9.95. The number of para-hydroxylation sites is 1. The molecule has 1 aliphatic rings. The first-order chi connectivity index (χ1) is 14.2. The van der Waals surface area contributed by atoms with E-state index in [2.05, 4.69) is 24.8 Å². The number of nitrogens with zero attached hydrogens (tertiary/aromatic N) is 6. The smallest absolute Gasteiger partial charge is 0.270 e. The Balaban J connectivity index is 1.25. The number of hydrogen-bond acceptors (Lipinski definition) is 4. The fraction of sp³-hybridized carbons (Fsp3) is 0.333. The molecule has 5 rings (SSSR count). The number of likely N-dealkylation sites (tertiary alicyclic amines) is 1. The number of fused-ring (bicyclic) bond motifs is 1. The largest absolute Gasteiger partial charge is 0.351 e. The van der Waals surface area contributed by atoms with E-state index in [0.29, 0.717) is 18.2 Å². The lowest BCUT2D eigenvalue weighted by Gasteiger charge is -2.31. The summed E-state index contributed by atoms with van der Waals surface area (Å²) in [5.41, 5.74) is 1.65. The van der Waals surface area contributed by atoms with Crippen molar-refractivity contribution in [2.75, 3.05) is 13.1 Å². The molecule has 0 atom stereocenters. The van der Waals surface area contributed by atoms with Gasteiger partial charge in [0.25, 0.3) is 5.91 Å². The molecule has 0 bridgehead atoms. The summed E-state index contributed by atoms with van der Waals surface area (Å²) in [5.74, 6) is 2.26. The van der Waals surface area contributed by atoms with Crippen LogP contribution in [0.15, 0.2) is 48.8 Å². The van der Waals surface area contributed by atoms with Gasteiger partial charge in [-0.05, 0) is 31.0 Å². The first kappa shape index (κ1) is 17.7. The first-order valence-corrected chi connectivity index (χ1v) is 9.91. The minimum absolute atomic E-state index is 0.0667. The van der Waals surface area contributed by atoms with E-state index >= 15 is 0 Å². The summed E-state index contributed by atoms with van der Waals surface area (Å²) in [5, 5.41) is 14.1. The monoisotopic (exact) mass is 389 g/mol. The number of aromatic nitrogens is 6. The Labute approximate surface area is 168 Å². The van der Waals surface area contributed by atoms with E-state index in [0.717, 1.165) is 48.5 Å². The molecule has 8 heteroatoms. The fourth-order valence-electron chi connectivity index (χ4n) is 4.11. The molecule has 29 heavy (non-hydrogen) atoms. The van der Waals surface area contributed by atoms with E-state index in [1.165, 1.54) is 0 Å². The number of rotatable bonds is 4. The molecule has 1 N–H and O–H groups in total. The van der Waals surface area contributed by atoms with Gasteiger partial charge >= 0.3 is 0 Å². The quantitative estimate of drug-likeness (QED) is 0.581. The van der Waals surface area contributed by atoms with Gasteiger partial charge in [0.1, 0.15) is 18.1 Å². The molecule has 0 spiro atoms. The summed E-state index contributed by atoms with van der Waals surface area (Å²) in [4.78, 5) is 18.1. The predicted molar refractivity (Wildman–Crippen MR) is 109 cm³/mol. The highest BCUT2D eigenvalue weighted by Crippen LogP contribution is 2.28. The van der Waals surface area contributed by atoms with E-state index in [-0.39, 0.29) is 5.91 Å². The predicted octanol–water partition coefficient (Wildman–Crippen LogP) is 2.56. The zero-order valence-corrected chi connectivity index (χ0v) is 16.3. The van der Waals surface area contributed by atoms with Crippen LogP contribution in [0.4, 0.5) is 0 Å². The van der Waals surface area contributed by atoms with Crippen molar-refractivity contribution in [3.63, 3.8) is 0 Å². The zero-order chi connectivity index (χ0) is 19.8. The van der Waals surface area contributed by atoms with Crippen molar-refractivity contribution in [3.8, 4) is 0 Å². The van der Waals surface area contributed by atoms with Gasteiger partial charge in [0.05, 0.1) is 0 Å². The van der Waals surface area contributed by atoms with Crippen molar-refractivity contribution in [3.05, 3.63) is 66.1 Å². The Kier molecular flexibility index (Phi) is 4.38. The molecule has 4 aromatic rings. The van der Waals surface area contributed by atoms with Crippen LogP contribution in [0, 0.1) is 0 Å². The molecule has 1 aliphatic heterocycles. The SMILES string of the molecule is Cn1c(Cn2cccn2)nnc1C1CCN(C(=O)c2cc3ccccc3[nH]2)CC1. The number of benzene rings is 1. The minimum Gasteiger partial charge on any atom is -0.351 e. The molecular formula is C21H23N7O. The van der Waals surface area contributed by atoms with Crippen molar-refractivity contribution in [2.24, 2.45) is 7.05 Å². The summed E-state index contributed by atoms with van der Waals surface area (Å²) in [6.45, 7) is 2.05. The van der Waals surface area contributed by atoms with Gasteiger partial charge in [0, 0.05) is 49.4 Å². The van der Waals surface area contributed by atoms with Crippen LogP contribution in [-0.4, -0.2) is 53.4 Å². The Hall–Kier alpha value is -3.42. The van der Waals surface area contributed by atoms with Crippen molar-refractivity contribution in [2.45, 2.75) is 25.3 Å². The van der Waals surface area contributed by atoms with Gasteiger partial charge in [0.15, 0.2) is 5.82 Å². The summed E-state index contributed by atoms with van der Waals surface area (Å²) >= 11 is 0. The highest BCUT2D eigenvalue weighted by molar-refractivity contribution is 5.98. The summed E-state index contributed by atoms with van der Waals surface area (Å²) in [6.07, 6.45) is 5.46. The normalized spacial score (nSPS) is 15.3. The van der Waals surface area contributed by atoms with Gasteiger partial charge in [-0.15, -0.1) is 10.2 Å². The van der Waals surface area contributed by atoms with Gasteiger partial charge in [-0.2, -0.15) is 5.10 Å². The number of nitrogens with one attached hydrogen (secondary N) is 1. The lowest BCUT2D eigenvalue weighted by Crippen LogP contribution is -2.38. The van der Waals surface area contributed by atoms with E-state index in [1.54, 1.807) is 6.20 Å². The minimum atomic E-state index is 0.0667. The van der Waals surface area contributed by atoms with Crippen LogP contribution in [0.1, 0.15) is 40.9 Å². The lowest BCUT2D eigenvalue weighted by molar-refractivity contribution is 0.0705. The first-order valence-electron chi connectivity index (χ1n) is 9.91. The molecule has 0 radical (unpaired) electrons. The average molecular weight is 389 g/mol. The van der Waals surface area contributed by atoms with E-state index in [1.807, 2.05) is 59.2 Å². The van der Waals surface area contributed by atoms with Gasteiger partial charge < -0.3 is 14.5 Å². The Bertz CT molecular complexity index is 1100. The molecule has 3 aromatic heterocycles. The number of hydrogen-bond donors (Lipinski definition) is 1. The zero-order valence-electron chi connectivity index (χ0n) is 16.3. The highest BCUT2D eigenvalue weighted by Gasteiger charge is 2.28. The molecule has 0 unspecified atom stereocenters. The maximum absolute atomic E-state index is 12.9. The van der Waals surface area contributed by atoms with Gasteiger partial charge in [0.2, 0.25) is 0 Å². The van der Waals surface area contributed by atoms with Gasteiger partial charge in [-0.25, -0.2) is 0 Å². The molecule has 8 nitrogen and oxygen atoms in total. The second-order valence-electron chi connectivity index (χ2n) is 7.57. The maximum Gasteiger partial charge on any atom is 0.270 e.